The van der Waals surface area contributed by atoms with E-state index in [0.717, 1.165) is 11.1 Å². The summed E-state index contributed by atoms with van der Waals surface area (Å²) in [6, 6.07) is 18.9. The van der Waals surface area contributed by atoms with E-state index in [1.54, 1.807) is 0 Å². The molecule has 0 amide bonds. The third-order valence-corrected chi connectivity index (χ3v) is 4.89. The predicted molar refractivity (Wildman–Crippen MR) is 97.3 cm³/mol. The van der Waals surface area contributed by atoms with Crippen molar-refractivity contribution in [1.29, 1.82) is 0 Å². The first-order valence-electron chi connectivity index (χ1n) is 8.97. The van der Waals surface area contributed by atoms with Crippen LogP contribution in [-0.2, 0) is 37.0 Å². The highest BCUT2D eigenvalue weighted by molar-refractivity contribution is 5.85. The number of hydrogen-bond donors (Lipinski definition) is 0. The molecule has 2 aliphatic heterocycles. The number of benzene rings is 2. The summed E-state index contributed by atoms with van der Waals surface area (Å²) in [5, 5.41) is 0. The molecule has 4 atom stereocenters. The number of fused-ring (bicyclic) bond motifs is 2. The second-order valence-corrected chi connectivity index (χ2v) is 6.69. The molecule has 0 aliphatic carbocycles. The van der Waals surface area contributed by atoms with E-state index < -0.39 is 36.0 Å². The molecular formula is C22H20O5. The van der Waals surface area contributed by atoms with Crippen molar-refractivity contribution in [3.8, 4) is 0 Å². The zero-order valence-electron chi connectivity index (χ0n) is 14.7. The Balaban J connectivity index is 1.40. The molecule has 0 aromatic heterocycles. The molecule has 0 spiro atoms. The molecule has 0 radical (unpaired) electrons. The fourth-order valence-electron chi connectivity index (χ4n) is 3.52. The van der Waals surface area contributed by atoms with E-state index in [9.17, 15) is 9.59 Å². The van der Waals surface area contributed by atoms with Gasteiger partial charge in [-0.25, -0.2) is 0 Å². The number of carbonyl (C=O) groups excluding carboxylic acids is 2. The van der Waals surface area contributed by atoms with E-state index in [1.807, 2.05) is 72.8 Å². The Morgan fingerprint density at radius 2 is 1.11 bits per heavy atom. The van der Waals surface area contributed by atoms with Crippen LogP contribution in [0, 0.1) is 11.8 Å². The first-order chi connectivity index (χ1) is 13.2. The maximum absolute atomic E-state index is 12.7. The summed E-state index contributed by atoms with van der Waals surface area (Å²) < 4.78 is 16.6. The summed E-state index contributed by atoms with van der Waals surface area (Å²) in [7, 11) is 0. The zero-order chi connectivity index (χ0) is 18.6. The van der Waals surface area contributed by atoms with Crippen LogP contribution in [0.2, 0.25) is 0 Å². The van der Waals surface area contributed by atoms with Crippen LogP contribution in [0.5, 0.6) is 0 Å². The number of carbonyl (C=O) groups is 2. The minimum absolute atomic E-state index is 0.170. The first kappa shape index (κ1) is 17.5. The lowest BCUT2D eigenvalue weighted by Crippen LogP contribution is -2.38. The third-order valence-electron chi connectivity index (χ3n) is 4.89. The fraction of sp³-hybridized carbons (Fsp3) is 0.273. The minimum Gasteiger partial charge on any atom is -0.460 e. The van der Waals surface area contributed by atoms with Gasteiger partial charge in [0.1, 0.15) is 25.0 Å². The van der Waals surface area contributed by atoms with Gasteiger partial charge in [-0.2, -0.15) is 0 Å². The quantitative estimate of drug-likeness (QED) is 0.582. The largest absolute Gasteiger partial charge is 0.460 e. The molecule has 2 aliphatic rings. The lowest BCUT2D eigenvalue weighted by Gasteiger charge is -2.22. The molecule has 138 valence electrons. The normalized spacial score (nSPS) is 25.3. The molecule has 27 heavy (non-hydrogen) atoms. The van der Waals surface area contributed by atoms with Gasteiger partial charge in [-0.3, -0.25) is 9.59 Å². The van der Waals surface area contributed by atoms with Crippen LogP contribution in [0.3, 0.4) is 0 Å². The molecule has 5 heteroatoms. The average Bonchev–Trinajstić information content (AvgIpc) is 3.33. The van der Waals surface area contributed by atoms with Gasteiger partial charge in [0, 0.05) is 0 Å². The zero-order valence-corrected chi connectivity index (χ0v) is 14.7. The summed E-state index contributed by atoms with van der Waals surface area (Å²) in [6.07, 6.45) is 2.76. The van der Waals surface area contributed by atoms with Gasteiger partial charge in [-0.1, -0.05) is 72.8 Å². The topological polar surface area (TPSA) is 61.8 Å². The smallest absolute Gasteiger partial charge is 0.313 e. The molecule has 0 saturated carbocycles. The Morgan fingerprint density at radius 1 is 0.704 bits per heavy atom. The monoisotopic (exact) mass is 364 g/mol. The van der Waals surface area contributed by atoms with Crippen molar-refractivity contribution in [1.82, 2.24) is 0 Å². The first-order valence-corrected chi connectivity index (χ1v) is 8.97. The molecule has 1 fully saturated rings. The van der Waals surface area contributed by atoms with E-state index >= 15 is 0 Å². The van der Waals surface area contributed by atoms with Gasteiger partial charge in [-0.05, 0) is 11.1 Å². The SMILES string of the molecule is O=C(OCc1ccccc1)[C@@H]1C2C=CC(O2)[C@@H]1C(=O)OCc1ccccc1. The standard InChI is InChI=1S/C22H20O5/c23-21(25-13-15-7-3-1-4-8-15)19-17-11-12-18(27-17)20(19)22(24)26-14-16-9-5-2-6-10-16/h1-12,17-20H,13-14H2/t17?,18?,19-,20+. The lowest BCUT2D eigenvalue weighted by molar-refractivity contribution is -0.161. The number of rotatable bonds is 6. The van der Waals surface area contributed by atoms with Crippen molar-refractivity contribution in [2.45, 2.75) is 25.4 Å². The van der Waals surface area contributed by atoms with Crippen molar-refractivity contribution in [3.63, 3.8) is 0 Å². The van der Waals surface area contributed by atoms with Gasteiger partial charge in [0.25, 0.3) is 0 Å². The van der Waals surface area contributed by atoms with Crippen molar-refractivity contribution >= 4 is 11.9 Å². The summed E-state index contributed by atoms with van der Waals surface area (Å²) in [4.78, 5) is 25.3. The minimum atomic E-state index is -0.674. The second kappa shape index (κ2) is 7.76. The molecular weight excluding hydrogens is 344 g/mol. The Kier molecular flexibility index (Phi) is 5.03. The van der Waals surface area contributed by atoms with E-state index in [1.165, 1.54) is 0 Å². The van der Waals surface area contributed by atoms with E-state index in [2.05, 4.69) is 0 Å². The average molecular weight is 364 g/mol. The molecule has 2 heterocycles. The summed E-state index contributed by atoms with van der Waals surface area (Å²) >= 11 is 0. The molecule has 2 aromatic carbocycles. The van der Waals surface area contributed by atoms with Crippen LogP contribution < -0.4 is 0 Å². The van der Waals surface area contributed by atoms with Crippen molar-refractivity contribution in [3.05, 3.63) is 83.9 Å². The third kappa shape index (κ3) is 3.78. The van der Waals surface area contributed by atoms with Gasteiger partial charge in [0.05, 0.1) is 12.2 Å². The fourth-order valence-corrected chi connectivity index (χ4v) is 3.52. The molecule has 4 rings (SSSR count). The second-order valence-electron chi connectivity index (χ2n) is 6.69. The van der Waals surface area contributed by atoms with Crippen LogP contribution in [-0.4, -0.2) is 24.1 Å². The Morgan fingerprint density at radius 3 is 1.52 bits per heavy atom. The summed E-state index contributed by atoms with van der Waals surface area (Å²) in [5.74, 6) is -2.21. The van der Waals surface area contributed by atoms with Gasteiger partial charge >= 0.3 is 11.9 Å². The maximum atomic E-state index is 12.7. The predicted octanol–water partition coefficient (Wildman–Crippen LogP) is 3.04. The van der Waals surface area contributed by atoms with Gasteiger partial charge in [-0.15, -0.1) is 0 Å². The molecule has 2 aromatic rings. The van der Waals surface area contributed by atoms with E-state index in [0.29, 0.717) is 0 Å². The molecule has 0 N–H and O–H groups in total. The number of esters is 2. The number of ether oxygens (including phenoxy) is 3. The van der Waals surface area contributed by atoms with Crippen LogP contribution in [0.25, 0.3) is 0 Å². The lowest BCUT2D eigenvalue weighted by atomic mass is 9.83. The van der Waals surface area contributed by atoms with Crippen molar-refractivity contribution in [2.24, 2.45) is 11.8 Å². The van der Waals surface area contributed by atoms with Gasteiger partial charge in [0.15, 0.2) is 0 Å². The van der Waals surface area contributed by atoms with Crippen LogP contribution in [0.1, 0.15) is 11.1 Å². The van der Waals surface area contributed by atoms with Crippen LogP contribution >= 0.6 is 0 Å². The van der Waals surface area contributed by atoms with Gasteiger partial charge in [0.2, 0.25) is 0 Å². The van der Waals surface area contributed by atoms with E-state index in [-0.39, 0.29) is 13.2 Å². The number of hydrogen-bond acceptors (Lipinski definition) is 5. The maximum Gasteiger partial charge on any atom is 0.313 e. The van der Waals surface area contributed by atoms with Crippen LogP contribution in [0.4, 0.5) is 0 Å². The Hall–Kier alpha value is -2.92. The summed E-state index contributed by atoms with van der Waals surface area (Å²) in [6.45, 7) is 0.339. The Labute approximate surface area is 157 Å². The highest BCUT2D eigenvalue weighted by Crippen LogP contribution is 2.40. The summed E-state index contributed by atoms with van der Waals surface area (Å²) in [5.41, 5.74) is 1.79. The molecule has 5 nitrogen and oxygen atoms in total. The van der Waals surface area contributed by atoms with E-state index in [4.69, 9.17) is 14.2 Å². The van der Waals surface area contributed by atoms with Crippen molar-refractivity contribution < 1.29 is 23.8 Å². The van der Waals surface area contributed by atoms with Crippen LogP contribution in [0.15, 0.2) is 72.8 Å². The molecule has 2 unspecified atom stereocenters. The Bertz CT molecular complexity index is 761. The molecule has 1 saturated heterocycles. The highest BCUT2D eigenvalue weighted by Gasteiger charge is 2.54. The van der Waals surface area contributed by atoms with Crippen molar-refractivity contribution in [2.75, 3.05) is 0 Å². The van der Waals surface area contributed by atoms with Gasteiger partial charge < -0.3 is 14.2 Å². The highest BCUT2D eigenvalue weighted by atomic mass is 16.6. The molecule has 2 bridgehead atoms.